The average molecular weight is 198 g/mol. The molecule has 82 valence electrons. The Morgan fingerprint density at radius 1 is 0.929 bits per heavy atom. The Kier molecular flexibility index (Phi) is 6.50. The molecule has 2 unspecified atom stereocenters. The summed E-state index contributed by atoms with van der Waals surface area (Å²) >= 11 is 0. The quantitative estimate of drug-likeness (QED) is 0.666. The Hall–Kier alpha value is -0.600. The van der Waals surface area contributed by atoms with Crippen molar-refractivity contribution in [3.8, 4) is 0 Å². The van der Waals surface area contributed by atoms with Crippen LogP contribution >= 0.6 is 0 Å². The lowest BCUT2D eigenvalue weighted by molar-refractivity contribution is 0.0654. The third-order valence-corrected chi connectivity index (χ3v) is 2.28. The van der Waals surface area contributed by atoms with Gasteiger partial charge < -0.3 is 10.2 Å². The smallest absolute Gasteiger partial charge is 0.104 e. The van der Waals surface area contributed by atoms with Crippen LogP contribution in [0.4, 0.5) is 0 Å². The van der Waals surface area contributed by atoms with E-state index >= 15 is 0 Å². The summed E-state index contributed by atoms with van der Waals surface area (Å²) in [6, 6.07) is 0. The first-order chi connectivity index (χ1) is 6.54. The molecule has 2 N–H and O–H groups in total. The Bertz CT molecular complexity index is 192. The molecule has 14 heavy (non-hydrogen) atoms. The highest BCUT2D eigenvalue weighted by Gasteiger charge is 2.18. The molecular weight excluding hydrogens is 176 g/mol. The van der Waals surface area contributed by atoms with Crippen LogP contribution in [-0.4, -0.2) is 22.4 Å². The van der Waals surface area contributed by atoms with Crippen molar-refractivity contribution >= 4 is 0 Å². The molecule has 0 fully saturated rings. The van der Waals surface area contributed by atoms with Gasteiger partial charge in [0.25, 0.3) is 0 Å². The molecule has 0 heterocycles. The minimum Gasteiger partial charge on any atom is -0.386 e. The van der Waals surface area contributed by atoms with Crippen molar-refractivity contribution in [2.24, 2.45) is 0 Å². The molecule has 0 aromatic carbocycles. The predicted molar refractivity (Wildman–Crippen MR) is 60.1 cm³/mol. The highest BCUT2D eigenvalue weighted by molar-refractivity contribution is 5.16. The second-order valence-corrected chi connectivity index (χ2v) is 3.60. The molecule has 2 heteroatoms. The number of hydrogen-bond acceptors (Lipinski definition) is 2. The Balaban J connectivity index is 4.45. The summed E-state index contributed by atoms with van der Waals surface area (Å²) in [6.07, 6.45) is 4.11. The van der Waals surface area contributed by atoms with Crippen molar-refractivity contribution in [3.05, 3.63) is 23.3 Å². The minimum absolute atomic E-state index is 0.766. The van der Waals surface area contributed by atoms with Crippen molar-refractivity contribution in [2.45, 2.75) is 52.7 Å². The third kappa shape index (κ3) is 4.07. The van der Waals surface area contributed by atoms with Crippen molar-refractivity contribution in [2.75, 3.05) is 0 Å². The van der Waals surface area contributed by atoms with Gasteiger partial charge in [0.05, 0.1) is 0 Å². The standard InChI is InChI=1S/C12H22O2/c1-5-7-9(3)11(13)12(14)10(4)8-6-2/h7-8,11-14H,5-6H2,1-4H3/b9-7+,10-8+. The number of aliphatic hydroxyl groups is 2. The van der Waals surface area contributed by atoms with Crippen LogP contribution in [0, 0.1) is 0 Å². The maximum atomic E-state index is 9.76. The van der Waals surface area contributed by atoms with Gasteiger partial charge >= 0.3 is 0 Å². The van der Waals surface area contributed by atoms with Crippen LogP contribution in [0.3, 0.4) is 0 Å². The van der Waals surface area contributed by atoms with Crippen LogP contribution in [0.25, 0.3) is 0 Å². The maximum absolute atomic E-state index is 9.76. The van der Waals surface area contributed by atoms with Crippen molar-refractivity contribution in [3.63, 3.8) is 0 Å². The lowest BCUT2D eigenvalue weighted by atomic mass is 9.99. The first-order valence-corrected chi connectivity index (χ1v) is 5.24. The molecule has 0 spiro atoms. The topological polar surface area (TPSA) is 40.5 Å². The second-order valence-electron chi connectivity index (χ2n) is 3.60. The number of allylic oxidation sites excluding steroid dienone is 2. The number of aliphatic hydroxyl groups excluding tert-OH is 2. The van der Waals surface area contributed by atoms with Gasteiger partial charge in [-0.15, -0.1) is 0 Å². The van der Waals surface area contributed by atoms with E-state index in [-0.39, 0.29) is 0 Å². The van der Waals surface area contributed by atoms with Crippen LogP contribution in [0.15, 0.2) is 23.3 Å². The molecule has 0 aliphatic heterocycles. The van der Waals surface area contributed by atoms with E-state index in [0.717, 1.165) is 24.0 Å². The normalized spacial score (nSPS) is 18.1. The van der Waals surface area contributed by atoms with Gasteiger partial charge in [0.1, 0.15) is 12.2 Å². The molecule has 0 radical (unpaired) electrons. The van der Waals surface area contributed by atoms with Gasteiger partial charge in [-0.25, -0.2) is 0 Å². The van der Waals surface area contributed by atoms with Gasteiger partial charge in [0, 0.05) is 0 Å². The van der Waals surface area contributed by atoms with Gasteiger partial charge in [-0.1, -0.05) is 26.0 Å². The zero-order valence-corrected chi connectivity index (χ0v) is 9.62. The summed E-state index contributed by atoms with van der Waals surface area (Å²) in [5.74, 6) is 0. The van der Waals surface area contributed by atoms with Crippen LogP contribution in [0.2, 0.25) is 0 Å². The van der Waals surface area contributed by atoms with E-state index in [9.17, 15) is 10.2 Å². The predicted octanol–water partition coefficient (Wildman–Crippen LogP) is 2.42. The van der Waals surface area contributed by atoms with E-state index in [2.05, 4.69) is 0 Å². The van der Waals surface area contributed by atoms with Gasteiger partial charge in [-0.2, -0.15) is 0 Å². The van der Waals surface area contributed by atoms with Gasteiger partial charge in [-0.3, -0.25) is 0 Å². The SMILES string of the molecule is CC/C=C(\C)C(O)C(O)/C(C)=C/CC. The van der Waals surface area contributed by atoms with Gasteiger partial charge in [0.15, 0.2) is 0 Å². The van der Waals surface area contributed by atoms with Gasteiger partial charge in [0.2, 0.25) is 0 Å². The highest BCUT2D eigenvalue weighted by atomic mass is 16.3. The summed E-state index contributed by atoms with van der Waals surface area (Å²) in [5, 5.41) is 19.5. The van der Waals surface area contributed by atoms with Crippen LogP contribution in [0.5, 0.6) is 0 Å². The fraction of sp³-hybridized carbons (Fsp3) is 0.667. The van der Waals surface area contributed by atoms with Gasteiger partial charge in [-0.05, 0) is 37.8 Å². The maximum Gasteiger partial charge on any atom is 0.104 e. The molecule has 0 aromatic heterocycles. The zero-order valence-electron chi connectivity index (χ0n) is 9.62. The molecule has 0 saturated heterocycles. The van der Waals surface area contributed by atoms with E-state index in [1.807, 2.05) is 39.8 Å². The third-order valence-electron chi connectivity index (χ3n) is 2.28. The summed E-state index contributed by atoms with van der Waals surface area (Å²) < 4.78 is 0. The molecule has 2 nitrogen and oxygen atoms in total. The molecule has 2 atom stereocenters. The molecule has 0 bridgehead atoms. The highest BCUT2D eigenvalue weighted by Crippen LogP contribution is 2.14. The van der Waals surface area contributed by atoms with E-state index in [1.165, 1.54) is 0 Å². The Morgan fingerprint density at radius 3 is 1.43 bits per heavy atom. The van der Waals surface area contributed by atoms with Crippen LogP contribution in [0.1, 0.15) is 40.5 Å². The molecule has 0 rings (SSSR count). The summed E-state index contributed by atoms with van der Waals surface area (Å²) in [5.41, 5.74) is 1.67. The molecule has 0 saturated carbocycles. The van der Waals surface area contributed by atoms with E-state index in [1.54, 1.807) is 0 Å². The fourth-order valence-corrected chi connectivity index (χ4v) is 1.38. The van der Waals surface area contributed by atoms with Crippen molar-refractivity contribution in [1.82, 2.24) is 0 Å². The monoisotopic (exact) mass is 198 g/mol. The zero-order chi connectivity index (χ0) is 11.1. The van der Waals surface area contributed by atoms with Crippen LogP contribution < -0.4 is 0 Å². The summed E-state index contributed by atoms with van der Waals surface area (Å²) in [6.45, 7) is 7.71. The number of rotatable bonds is 5. The second kappa shape index (κ2) is 6.80. The van der Waals surface area contributed by atoms with Crippen molar-refractivity contribution < 1.29 is 10.2 Å². The molecule has 0 amide bonds. The van der Waals surface area contributed by atoms with E-state index in [0.29, 0.717) is 0 Å². The largest absolute Gasteiger partial charge is 0.386 e. The van der Waals surface area contributed by atoms with E-state index in [4.69, 9.17) is 0 Å². The van der Waals surface area contributed by atoms with Crippen molar-refractivity contribution in [1.29, 1.82) is 0 Å². The Morgan fingerprint density at radius 2 is 1.21 bits per heavy atom. The average Bonchev–Trinajstić information content (AvgIpc) is 2.16. The molecule has 0 aliphatic carbocycles. The molecule has 0 aliphatic rings. The lowest BCUT2D eigenvalue weighted by Gasteiger charge is -2.19. The first-order valence-electron chi connectivity index (χ1n) is 5.24. The lowest BCUT2D eigenvalue weighted by Crippen LogP contribution is -2.28. The minimum atomic E-state index is -0.766. The molecule has 0 aromatic rings. The Labute approximate surface area is 87.0 Å². The summed E-state index contributed by atoms with van der Waals surface area (Å²) in [4.78, 5) is 0. The number of hydrogen-bond donors (Lipinski definition) is 2. The summed E-state index contributed by atoms with van der Waals surface area (Å²) in [7, 11) is 0. The first kappa shape index (κ1) is 13.4. The van der Waals surface area contributed by atoms with Crippen LogP contribution in [-0.2, 0) is 0 Å². The molecular formula is C12H22O2. The fourth-order valence-electron chi connectivity index (χ4n) is 1.38. The van der Waals surface area contributed by atoms with E-state index < -0.39 is 12.2 Å².